The molecule has 6 rings (SSSR count). The zero-order valence-corrected chi connectivity index (χ0v) is 30.4. The van der Waals surface area contributed by atoms with Crippen LogP contribution in [0.4, 0.5) is 10.5 Å². The number of rotatable bonds is 9. The number of hydrogen-bond acceptors (Lipinski definition) is 7. The lowest BCUT2D eigenvalue weighted by Crippen LogP contribution is -2.49. The fourth-order valence-electron chi connectivity index (χ4n) is 6.34. The van der Waals surface area contributed by atoms with Crippen molar-refractivity contribution in [3.8, 4) is 5.75 Å². The molecule has 1 saturated heterocycles. The Kier molecular flexibility index (Phi) is 11.8. The summed E-state index contributed by atoms with van der Waals surface area (Å²) >= 11 is 6.59. The average molecular weight is 786 g/mol. The number of carbonyl (C=O) groups excluding carboxylic acids is 1. The Bertz CT molecular complexity index is 1740. The molecule has 13 heteroatoms. The van der Waals surface area contributed by atoms with E-state index in [4.69, 9.17) is 5.73 Å². The number of carbonyl (C=O) groups is 2. The van der Waals surface area contributed by atoms with Gasteiger partial charge in [-0.25, -0.2) is 14.6 Å². The number of piperidine rings is 1. The number of amides is 2. The van der Waals surface area contributed by atoms with Gasteiger partial charge in [0, 0.05) is 31.2 Å². The summed E-state index contributed by atoms with van der Waals surface area (Å²) in [6, 6.07) is 19.4. The van der Waals surface area contributed by atoms with Crippen LogP contribution in [0.1, 0.15) is 36.2 Å². The number of nitrogens with one attached hydrogen (secondary N) is 2. The van der Waals surface area contributed by atoms with Crippen LogP contribution in [0.2, 0.25) is 0 Å². The number of aromatic nitrogens is 2. The second-order valence-corrected chi connectivity index (χ2v) is 14.3. The van der Waals surface area contributed by atoms with Gasteiger partial charge in [0.15, 0.2) is 5.54 Å². The van der Waals surface area contributed by atoms with Crippen molar-refractivity contribution in [3.63, 3.8) is 0 Å². The number of aliphatic carboxylic acids is 1. The molecule has 0 bridgehead atoms. The molecule has 4 aromatic rings. The van der Waals surface area contributed by atoms with E-state index >= 15 is 0 Å². The van der Waals surface area contributed by atoms with Gasteiger partial charge in [0.1, 0.15) is 11.6 Å². The van der Waals surface area contributed by atoms with E-state index in [0.29, 0.717) is 38.4 Å². The number of imidazole rings is 1. The van der Waals surface area contributed by atoms with Crippen LogP contribution in [0.15, 0.2) is 69.6 Å². The van der Waals surface area contributed by atoms with Crippen LogP contribution in [-0.2, 0) is 29.7 Å². The van der Waals surface area contributed by atoms with Crippen molar-refractivity contribution < 1.29 is 19.8 Å². The standard InChI is InChI=1S/C21H24Br2N4O3.C14H19N3O/c1-26(2)8-5-9-27-17-7-4-3-6-16(17)25-19(27)21(24,20(29)30)12-13-10-14(22)18(28)15(23)11-13;18-14-16-13-4-2-1-3-11(13)7-10-17(14)12-5-8-15-9-6-12/h3-4,6-7,10-11,28H,5,8-9,12,24H2,1-2H3,(H,29,30);1-4,12,15H,5-10H2,(H,16,18)/t21-;/m1./s1. The highest BCUT2D eigenvalue weighted by Gasteiger charge is 2.41. The van der Waals surface area contributed by atoms with Crippen LogP contribution in [0, 0.1) is 0 Å². The normalized spacial score (nSPS) is 16.5. The van der Waals surface area contributed by atoms with E-state index in [0.717, 1.165) is 63.1 Å². The molecule has 1 fully saturated rings. The number of para-hydroxylation sites is 3. The lowest BCUT2D eigenvalue weighted by atomic mass is 9.90. The number of benzene rings is 3. The van der Waals surface area contributed by atoms with Gasteiger partial charge < -0.3 is 40.9 Å². The van der Waals surface area contributed by atoms with Crippen molar-refractivity contribution >= 4 is 60.6 Å². The van der Waals surface area contributed by atoms with Gasteiger partial charge in [-0.3, -0.25) is 0 Å². The molecular weight excluding hydrogens is 742 g/mol. The fourth-order valence-corrected chi connectivity index (χ4v) is 7.62. The van der Waals surface area contributed by atoms with Crippen LogP contribution < -0.4 is 16.4 Å². The van der Waals surface area contributed by atoms with Gasteiger partial charge in [0.05, 0.1) is 20.0 Å². The molecule has 0 unspecified atom stereocenters. The second-order valence-electron chi connectivity index (χ2n) is 12.6. The smallest absolute Gasteiger partial charge is 0.331 e. The van der Waals surface area contributed by atoms with Gasteiger partial charge in [-0.05, 0) is 133 Å². The van der Waals surface area contributed by atoms with Gasteiger partial charge in [0.2, 0.25) is 0 Å². The monoisotopic (exact) mass is 783 g/mol. The number of hydrogen-bond donors (Lipinski definition) is 5. The van der Waals surface area contributed by atoms with E-state index in [9.17, 15) is 19.8 Å². The third kappa shape index (κ3) is 8.20. The number of urea groups is 1. The molecule has 3 heterocycles. The highest BCUT2D eigenvalue weighted by molar-refractivity contribution is 9.11. The molecule has 0 radical (unpaired) electrons. The molecule has 6 N–H and O–H groups in total. The molecule has 256 valence electrons. The van der Waals surface area contributed by atoms with Crippen molar-refractivity contribution in [3.05, 3.63) is 86.6 Å². The summed E-state index contributed by atoms with van der Waals surface area (Å²) in [7, 11) is 4.00. The molecule has 1 atom stereocenters. The molecule has 2 amide bonds. The third-order valence-corrected chi connectivity index (χ3v) is 10.1. The summed E-state index contributed by atoms with van der Waals surface area (Å²) in [6.07, 6.45) is 3.90. The molecular formula is C35H43Br2N7O4. The number of phenols is 1. The summed E-state index contributed by atoms with van der Waals surface area (Å²) < 4.78 is 2.83. The van der Waals surface area contributed by atoms with Crippen molar-refractivity contribution in [2.45, 2.75) is 50.2 Å². The fraction of sp³-hybridized carbons (Fsp3) is 0.400. The van der Waals surface area contributed by atoms with E-state index in [1.807, 2.05) is 66.0 Å². The first-order valence-electron chi connectivity index (χ1n) is 16.1. The van der Waals surface area contributed by atoms with Crippen molar-refractivity contribution in [2.75, 3.05) is 45.6 Å². The number of carboxylic acid groups (broad SMARTS) is 1. The van der Waals surface area contributed by atoms with E-state index in [1.54, 1.807) is 12.1 Å². The van der Waals surface area contributed by atoms with E-state index in [2.05, 4.69) is 58.4 Å². The minimum atomic E-state index is -1.74. The Morgan fingerprint density at radius 3 is 2.44 bits per heavy atom. The Labute approximate surface area is 297 Å². The zero-order valence-electron chi connectivity index (χ0n) is 27.3. The predicted octanol–water partition coefficient (Wildman–Crippen LogP) is 5.53. The predicted molar refractivity (Wildman–Crippen MR) is 195 cm³/mol. The number of aromatic hydroxyl groups is 1. The number of anilines is 1. The maximum Gasteiger partial charge on any atom is 0.331 e. The summed E-state index contributed by atoms with van der Waals surface area (Å²) in [5, 5.41) is 26.5. The van der Waals surface area contributed by atoms with Crippen LogP contribution >= 0.6 is 31.9 Å². The first-order chi connectivity index (χ1) is 23.0. The van der Waals surface area contributed by atoms with E-state index < -0.39 is 11.5 Å². The SMILES string of the molecule is CN(C)CCCn1c([C@](N)(Cc2cc(Br)c(O)c(Br)c2)C(=O)O)nc2ccccc21.O=C1Nc2ccccc2CCN1C1CCNCC1. The highest BCUT2D eigenvalue weighted by atomic mass is 79.9. The minimum absolute atomic E-state index is 0.0107. The van der Waals surface area contributed by atoms with Gasteiger partial charge in [-0.2, -0.15) is 0 Å². The molecule has 3 aromatic carbocycles. The lowest BCUT2D eigenvalue weighted by molar-refractivity contribution is -0.144. The molecule has 1 aromatic heterocycles. The number of fused-ring (bicyclic) bond motifs is 2. The van der Waals surface area contributed by atoms with Crippen molar-refractivity contribution in [1.29, 1.82) is 0 Å². The molecule has 0 aliphatic carbocycles. The van der Waals surface area contributed by atoms with Gasteiger partial charge in [0.25, 0.3) is 0 Å². The maximum atomic E-state index is 12.4. The van der Waals surface area contributed by atoms with Crippen LogP contribution in [0.3, 0.4) is 0 Å². The summed E-state index contributed by atoms with van der Waals surface area (Å²) in [5.74, 6) is -0.796. The average Bonchev–Trinajstić information content (AvgIpc) is 3.34. The third-order valence-electron chi connectivity index (χ3n) is 8.87. The van der Waals surface area contributed by atoms with E-state index in [-0.39, 0.29) is 18.2 Å². The summed E-state index contributed by atoms with van der Waals surface area (Å²) in [5.41, 5.74) is 9.23. The quantitative estimate of drug-likeness (QED) is 0.149. The Balaban J connectivity index is 0.000000212. The largest absolute Gasteiger partial charge is 0.506 e. The van der Waals surface area contributed by atoms with Gasteiger partial charge >= 0.3 is 12.0 Å². The first-order valence-corrected chi connectivity index (χ1v) is 17.7. The number of aryl methyl sites for hydroxylation is 1. The zero-order chi connectivity index (χ0) is 34.4. The Morgan fingerprint density at radius 1 is 1.08 bits per heavy atom. The Morgan fingerprint density at radius 2 is 1.75 bits per heavy atom. The number of carboxylic acids is 1. The van der Waals surface area contributed by atoms with Crippen molar-refractivity contribution in [2.24, 2.45) is 5.73 Å². The highest BCUT2D eigenvalue weighted by Crippen LogP contribution is 2.36. The summed E-state index contributed by atoms with van der Waals surface area (Å²) in [4.78, 5) is 33.4. The van der Waals surface area contributed by atoms with Gasteiger partial charge in [-0.1, -0.05) is 30.3 Å². The molecule has 0 saturated carbocycles. The molecule has 0 spiro atoms. The maximum absolute atomic E-state index is 12.4. The van der Waals surface area contributed by atoms with Gasteiger partial charge in [-0.15, -0.1) is 0 Å². The minimum Gasteiger partial charge on any atom is -0.506 e. The molecule has 2 aliphatic rings. The molecule has 2 aliphatic heterocycles. The van der Waals surface area contributed by atoms with Crippen LogP contribution in [0.5, 0.6) is 5.75 Å². The lowest BCUT2D eigenvalue weighted by Gasteiger charge is -2.33. The number of nitrogens with two attached hydrogens (primary N) is 1. The second kappa shape index (κ2) is 15.8. The first kappa shape index (κ1) is 35.8. The Hall–Kier alpha value is -3.49. The van der Waals surface area contributed by atoms with Crippen LogP contribution in [0.25, 0.3) is 11.0 Å². The molecule has 48 heavy (non-hydrogen) atoms. The summed E-state index contributed by atoms with van der Waals surface area (Å²) in [6.45, 7) is 4.31. The van der Waals surface area contributed by atoms with E-state index in [1.165, 1.54) is 5.56 Å². The number of halogens is 2. The topological polar surface area (TPSA) is 149 Å². The van der Waals surface area contributed by atoms with Crippen LogP contribution in [-0.4, -0.2) is 87.9 Å². The van der Waals surface area contributed by atoms with Crippen molar-refractivity contribution in [1.82, 2.24) is 24.7 Å². The molecule has 11 nitrogen and oxygen atoms in total. The number of nitrogens with zero attached hydrogens (tertiary/aromatic N) is 4. The number of phenolic OH excluding ortho intramolecular Hbond substituents is 1.